The van der Waals surface area contributed by atoms with E-state index in [4.69, 9.17) is 4.42 Å². The SMILES string of the molecule is CC1CCN(c2ccc(-c3ccc(C=O)o3)cc2F)CC1. The molecule has 1 aromatic heterocycles. The molecule has 1 aliphatic rings. The summed E-state index contributed by atoms with van der Waals surface area (Å²) in [5.41, 5.74) is 1.29. The topological polar surface area (TPSA) is 33.5 Å². The zero-order valence-electron chi connectivity index (χ0n) is 12.0. The van der Waals surface area contributed by atoms with Crippen LogP contribution in [0.3, 0.4) is 0 Å². The van der Waals surface area contributed by atoms with Gasteiger partial charge < -0.3 is 9.32 Å². The number of piperidine rings is 1. The molecule has 2 aromatic rings. The summed E-state index contributed by atoms with van der Waals surface area (Å²) in [5.74, 6) is 1.23. The van der Waals surface area contributed by atoms with Crippen LogP contribution < -0.4 is 4.90 Å². The maximum absolute atomic E-state index is 14.4. The van der Waals surface area contributed by atoms with Gasteiger partial charge in [-0.1, -0.05) is 6.92 Å². The Labute approximate surface area is 123 Å². The highest BCUT2D eigenvalue weighted by Gasteiger charge is 2.19. The average Bonchev–Trinajstić information content (AvgIpc) is 2.97. The van der Waals surface area contributed by atoms with E-state index in [-0.39, 0.29) is 11.6 Å². The van der Waals surface area contributed by atoms with Gasteiger partial charge in [0.25, 0.3) is 0 Å². The molecule has 0 saturated carbocycles. The second-order valence-corrected chi connectivity index (χ2v) is 5.66. The average molecular weight is 287 g/mol. The van der Waals surface area contributed by atoms with Crippen LogP contribution in [-0.2, 0) is 0 Å². The lowest BCUT2D eigenvalue weighted by Gasteiger charge is -2.32. The quantitative estimate of drug-likeness (QED) is 0.796. The predicted molar refractivity (Wildman–Crippen MR) is 80.1 cm³/mol. The summed E-state index contributed by atoms with van der Waals surface area (Å²) < 4.78 is 19.7. The van der Waals surface area contributed by atoms with Gasteiger partial charge in [-0.2, -0.15) is 0 Å². The monoisotopic (exact) mass is 287 g/mol. The van der Waals surface area contributed by atoms with Crippen molar-refractivity contribution in [2.75, 3.05) is 18.0 Å². The lowest BCUT2D eigenvalue weighted by molar-refractivity contribution is 0.110. The van der Waals surface area contributed by atoms with Gasteiger partial charge >= 0.3 is 0 Å². The fourth-order valence-corrected chi connectivity index (χ4v) is 2.74. The summed E-state index contributed by atoms with van der Waals surface area (Å²) in [6.07, 6.45) is 2.84. The van der Waals surface area contributed by atoms with Crippen LogP contribution in [-0.4, -0.2) is 19.4 Å². The zero-order valence-corrected chi connectivity index (χ0v) is 12.0. The van der Waals surface area contributed by atoms with Crippen molar-refractivity contribution in [2.45, 2.75) is 19.8 Å². The van der Waals surface area contributed by atoms with E-state index in [1.54, 1.807) is 18.2 Å². The van der Waals surface area contributed by atoms with Crippen LogP contribution in [0.5, 0.6) is 0 Å². The molecule has 0 N–H and O–H groups in total. The summed E-state index contributed by atoms with van der Waals surface area (Å²) in [6, 6.07) is 8.37. The zero-order chi connectivity index (χ0) is 14.8. The van der Waals surface area contributed by atoms with Gasteiger partial charge in [-0.25, -0.2) is 4.39 Å². The molecule has 0 bridgehead atoms. The second kappa shape index (κ2) is 5.72. The smallest absolute Gasteiger partial charge is 0.185 e. The molecule has 0 amide bonds. The Balaban J connectivity index is 1.84. The lowest BCUT2D eigenvalue weighted by Crippen LogP contribution is -2.33. The van der Waals surface area contributed by atoms with E-state index in [0.29, 0.717) is 29.2 Å². The molecule has 0 unspecified atom stereocenters. The number of hydrogen-bond donors (Lipinski definition) is 0. The van der Waals surface area contributed by atoms with Crippen molar-refractivity contribution in [1.82, 2.24) is 0 Å². The Morgan fingerprint density at radius 1 is 1.24 bits per heavy atom. The Kier molecular flexibility index (Phi) is 3.78. The third kappa shape index (κ3) is 2.84. The van der Waals surface area contributed by atoms with Crippen LogP contribution in [0.25, 0.3) is 11.3 Å². The van der Waals surface area contributed by atoms with E-state index >= 15 is 0 Å². The number of carbonyl (C=O) groups excluding carboxylic acids is 1. The van der Waals surface area contributed by atoms with Gasteiger partial charge in [0.15, 0.2) is 12.0 Å². The van der Waals surface area contributed by atoms with Gasteiger partial charge in [-0.05, 0) is 49.1 Å². The van der Waals surface area contributed by atoms with Crippen LogP contribution in [0, 0.1) is 11.7 Å². The molecule has 0 spiro atoms. The first-order valence-electron chi connectivity index (χ1n) is 7.27. The number of benzene rings is 1. The molecule has 0 radical (unpaired) electrons. The highest BCUT2D eigenvalue weighted by molar-refractivity contribution is 5.73. The van der Waals surface area contributed by atoms with Crippen LogP contribution in [0.4, 0.5) is 10.1 Å². The number of rotatable bonds is 3. The van der Waals surface area contributed by atoms with Crippen molar-refractivity contribution in [3.63, 3.8) is 0 Å². The van der Waals surface area contributed by atoms with E-state index < -0.39 is 0 Å². The van der Waals surface area contributed by atoms with Crippen molar-refractivity contribution >= 4 is 12.0 Å². The third-order valence-electron chi connectivity index (χ3n) is 4.10. The standard InChI is InChI=1S/C17H18FNO2/c1-12-6-8-19(9-7-12)16-4-2-13(10-15(16)18)17-5-3-14(11-20)21-17/h2-5,10-12H,6-9H2,1H3. The first-order chi connectivity index (χ1) is 10.2. The summed E-state index contributed by atoms with van der Waals surface area (Å²) >= 11 is 0. The van der Waals surface area contributed by atoms with Gasteiger partial charge in [-0.3, -0.25) is 4.79 Å². The number of anilines is 1. The van der Waals surface area contributed by atoms with E-state index in [2.05, 4.69) is 11.8 Å². The van der Waals surface area contributed by atoms with Crippen molar-refractivity contribution in [3.05, 3.63) is 41.9 Å². The molecule has 3 rings (SSSR count). The highest BCUT2D eigenvalue weighted by Crippen LogP contribution is 2.30. The van der Waals surface area contributed by atoms with Gasteiger partial charge in [0.2, 0.25) is 0 Å². The minimum atomic E-state index is -0.244. The summed E-state index contributed by atoms with van der Waals surface area (Å²) in [5, 5.41) is 0. The van der Waals surface area contributed by atoms with Crippen molar-refractivity contribution in [3.8, 4) is 11.3 Å². The number of aldehydes is 1. The third-order valence-corrected chi connectivity index (χ3v) is 4.10. The first-order valence-corrected chi connectivity index (χ1v) is 7.27. The Hall–Kier alpha value is -2.10. The van der Waals surface area contributed by atoms with Crippen LogP contribution in [0.1, 0.15) is 30.3 Å². The molecule has 110 valence electrons. The first kappa shape index (κ1) is 13.9. The largest absolute Gasteiger partial charge is 0.453 e. The summed E-state index contributed by atoms with van der Waals surface area (Å²) in [6.45, 7) is 4.03. The summed E-state index contributed by atoms with van der Waals surface area (Å²) in [7, 11) is 0. The van der Waals surface area contributed by atoms with Gasteiger partial charge in [-0.15, -0.1) is 0 Å². The van der Waals surface area contributed by atoms with E-state index in [1.807, 2.05) is 6.07 Å². The van der Waals surface area contributed by atoms with Gasteiger partial charge in [0.05, 0.1) is 5.69 Å². The highest BCUT2D eigenvalue weighted by atomic mass is 19.1. The fraction of sp³-hybridized carbons (Fsp3) is 0.353. The Morgan fingerprint density at radius 3 is 2.62 bits per heavy atom. The number of carbonyl (C=O) groups is 1. The molecule has 1 saturated heterocycles. The number of furan rings is 1. The molecule has 2 heterocycles. The molecule has 4 heteroatoms. The number of nitrogens with zero attached hydrogens (tertiary/aromatic N) is 1. The van der Waals surface area contributed by atoms with Crippen molar-refractivity contribution < 1.29 is 13.6 Å². The molecule has 1 fully saturated rings. The van der Waals surface area contributed by atoms with Crippen LogP contribution in [0.15, 0.2) is 34.7 Å². The molecule has 0 aliphatic carbocycles. The molecule has 1 aliphatic heterocycles. The van der Waals surface area contributed by atoms with Crippen molar-refractivity contribution in [1.29, 1.82) is 0 Å². The minimum absolute atomic E-state index is 0.244. The van der Waals surface area contributed by atoms with Crippen molar-refractivity contribution in [2.24, 2.45) is 5.92 Å². The van der Waals surface area contributed by atoms with Crippen LogP contribution in [0.2, 0.25) is 0 Å². The second-order valence-electron chi connectivity index (χ2n) is 5.66. The molecule has 1 aromatic carbocycles. The van der Waals surface area contributed by atoms with E-state index in [9.17, 15) is 9.18 Å². The van der Waals surface area contributed by atoms with Crippen LogP contribution >= 0.6 is 0 Å². The number of halogens is 1. The molecule has 3 nitrogen and oxygen atoms in total. The maximum Gasteiger partial charge on any atom is 0.185 e. The number of hydrogen-bond acceptors (Lipinski definition) is 3. The van der Waals surface area contributed by atoms with E-state index in [0.717, 1.165) is 25.9 Å². The minimum Gasteiger partial charge on any atom is -0.453 e. The lowest BCUT2D eigenvalue weighted by atomic mass is 9.98. The molecular weight excluding hydrogens is 269 g/mol. The van der Waals surface area contributed by atoms with Gasteiger partial charge in [0.1, 0.15) is 11.6 Å². The molecular formula is C17H18FNO2. The molecule has 21 heavy (non-hydrogen) atoms. The summed E-state index contributed by atoms with van der Waals surface area (Å²) in [4.78, 5) is 12.7. The normalized spacial score (nSPS) is 16.2. The maximum atomic E-state index is 14.4. The molecule has 0 atom stereocenters. The Morgan fingerprint density at radius 2 is 2.00 bits per heavy atom. The Bertz CT molecular complexity index is 642. The fourth-order valence-electron chi connectivity index (χ4n) is 2.74. The van der Waals surface area contributed by atoms with E-state index in [1.165, 1.54) is 6.07 Å². The predicted octanol–water partition coefficient (Wildman–Crippen LogP) is 4.13. The van der Waals surface area contributed by atoms with Gasteiger partial charge in [0, 0.05) is 18.7 Å².